The molecule has 2 atom stereocenters. The van der Waals surface area contributed by atoms with Crippen LogP contribution in [0.3, 0.4) is 0 Å². The third-order valence-electron chi connectivity index (χ3n) is 4.26. The first kappa shape index (κ1) is 14.1. The molecule has 20 heavy (non-hydrogen) atoms. The number of anilines is 2. The summed E-state index contributed by atoms with van der Waals surface area (Å²) in [5.74, 6) is 1.79. The zero-order valence-electron chi connectivity index (χ0n) is 11.9. The first-order valence-corrected chi connectivity index (χ1v) is 8.34. The second-order valence-electron chi connectivity index (χ2n) is 5.60. The normalized spacial score (nSPS) is 25.7. The Kier molecular flexibility index (Phi) is 4.41. The van der Waals surface area contributed by atoms with Crippen LogP contribution in [0.25, 0.3) is 0 Å². The van der Waals surface area contributed by atoms with Crippen LogP contribution in [0.1, 0.15) is 32.6 Å². The van der Waals surface area contributed by atoms with E-state index in [0.29, 0.717) is 12.1 Å². The molecule has 0 amide bonds. The van der Waals surface area contributed by atoms with E-state index in [1.54, 1.807) is 6.33 Å². The van der Waals surface area contributed by atoms with E-state index in [9.17, 15) is 0 Å². The standard InChI is InChI=1S/C14H22BrN5/c1-2-6-16-13-12(15)14(18-9-17-13)19-10-5-8-20-7-3-4-11(10)20/h9-11H,2-8H2,1H3,(H2,16,17,18,19). The Labute approximate surface area is 128 Å². The summed E-state index contributed by atoms with van der Waals surface area (Å²) in [6.07, 6.45) is 6.56. The lowest BCUT2D eigenvalue weighted by atomic mass is 10.1. The number of nitrogens with one attached hydrogen (secondary N) is 2. The van der Waals surface area contributed by atoms with Crippen LogP contribution in [0.15, 0.2) is 10.8 Å². The second-order valence-corrected chi connectivity index (χ2v) is 6.39. The van der Waals surface area contributed by atoms with Gasteiger partial charge in [0.05, 0.1) is 0 Å². The van der Waals surface area contributed by atoms with Gasteiger partial charge in [0.25, 0.3) is 0 Å². The maximum Gasteiger partial charge on any atom is 0.146 e. The van der Waals surface area contributed by atoms with E-state index in [1.807, 2.05) is 0 Å². The van der Waals surface area contributed by atoms with E-state index in [1.165, 1.54) is 32.4 Å². The van der Waals surface area contributed by atoms with Crippen molar-refractivity contribution in [2.45, 2.75) is 44.7 Å². The van der Waals surface area contributed by atoms with Crippen molar-refractivity contribution in [2.24, 2.45) is 0 Å². The molecule has 0 bridgehead atoms. The van der Waals surface area contributed by atoms with Gasteiger partial charge in [0.1, 0.15) is 22.4 Å². The molecule has 3 rings (SSSR count). The molecule has 110 valence electrons. The molecule has 2 unspecified atom stereocenters. The summed E-state index contributed by atoms with van der Waals surface area (Å²) in [5, 5.41) is 6.94. The van der Waals surface area contributed by atoms with Gasteiger partial charge < -0.3 is 10.6 Å². The molecular weight excluding hydrogens is 318 g/mol. The van der Waals surface area contributed by atoms with Gasteiger partial charge in [0.15, 0.2) is 0 Å². The molecule has 2 fully saturated rings. The number of hydrogen-bond acceptors (Lipinski definition) is 5. The minimum absolute atomic E-state index is 0.516. The molecule has 0 aliphatic carbocycles. The maximum absolute atomic E-state index is 4.40. The van der Waals surface area contributed by atoms with Crippen LogP contribution in [0.5, 0.6) is 0 Å². The zero-order valence-corrected chi connectivity index (χ0v) is 13.5. The summed E-state index contributed by atoms with van der Waals surface area (Å²) in [6.45, 7) is 5.55. The largest absolute Gasteiger partial charge is 0.369 e. The number of hydrogen-bond donors (Lipinski definition) is 2. The zero-order chi connectivity index (χ0) is 13.9. The van der Waals surface area contributed by atoms with Gasteiger partial charge in [-0.2, -0.15) is 0 Å². The molecule has 6 heteroatoms. The van der Waals surface area contributed by atoms with Crippen LogP contribution < -0.4 is 10.6 Å². The molecule has 0 aromatic carbocycles. The van der Waals surface area contributed by atoms with Crippen molar-refractivity contribution in [2.75, 3.05) is 30.3 Å². The van der Waals surface area contributed by atoms with Crippen LogP contribution in [-0.2, 0) is 0 Å². The van der Waals surface area contributed by atoms with Gasteiger partial charge in [-0.15, -0.1) is 0 Å². The lowest BCUT2D eigenvalue weighted by Gasteiger charge is -2.22. The number of rotatable bonds is 5. The van der Waals surface area contributed by atoms with Crippen molar-refractivity contribution in [3.8, 4) is 0 Å². The minimum atomic E-state index is 0.516. The third kappa shape index (κ3) is 2.76. The van der Waals surface area contributed by atoms with Gasteiger partial charge in [-0.05, 0) is 48.2 Å². The number of aromatic nitrogens is 2. The fourth-order valence-corrected chi connectivity index (χ4v) is 3.72. The van der Waals surface area contributed by atoms with E-state index in [4.69, 9.17) is 0 Å². The Morgan fingerprint density at radius 2 is 2.15 bits per heavy atom. The van der Waals surface area contributed by atoms with Crippen LogP contribution in [0.4, 0.5) is 11.6 Å². The van der Waals surface area contributed by atoms with Crippen LogP contribution in [0, 0.1) is 0 Å². The highest BCUT2D eigenvalue weighted by Gasteiger charge is 2.37. The van der Waals surface area contributed by atoms with Crippen molar-refractivity contribution in [3.63, 3.8) is 0 Å². The first-order chi connectivity index (χ1) is 9.79. The number of nitrogens with zero attached hydrogens (tertiary/aromatic N) is 3. The molecular formula is C14H22BrN5. The van der Waals surface area contributed by atoms with Crippen LogP contribution >= 0.6 is 15.9 Å². The molecule has 1 aromatic heterocycles. The van der Waals surface area contributed by atoms with E-state index in [2.05, 4.69) is 48.4 Å². The summed E-state index contributed by atoms with van der Waals surface area (Å²) in [4.78, 5) is 11.3. The monoisotopic (exact) mass is 339 g/mol. The molecule has 0 radical (unpaired) electrons. The third-order valence-corrected chi connectivity index (χ3v) is 5.01. The van der Waals surface area contributed by atoms with Crippen molar-refractivity contribution in [1.29, 1.82) is 0 Å². The smallest absolute Gasteiger partial charge is 0.146 e. The number of halogens is 1. The van der Waals surface area contributed by atoms with Crippen molar-refractivity contribution in [3.05, 3.63) is 10.8 Å². The summed E-state index contributed by atoms with van der Waals surface area (Å²) in [6, 6.07) is 1.20. The Morgan fingerprint density at radius 3 is 3.00 bits per heavy atom. The molecule has 2 N–H and O–H groups in total. The molecule has 2 aliphatic heterocycles. The quantitative estimate of drug-likeness (QED) is 0.863. The van der Waals surface area contributed by atoms with E-state index >= 15 is 0 Å². The maximum atomic E-state index is 4.40. The van der Waals surface area contributed by atoms with Gasteiger partial charge in [0.2, 0.25) is 0 Å². The van der Waals surface area contributed by atoms with E-state index in [-0.39, 0.29) is 0 Å². The lowest BCUT2D eigenvalue weighted by Crippen LogP contribution is -2.34. The van der Waals surface area contributed by atoms with Gasteiger partial charge in [0, 0.05) is 25.2 Å². The molecule has 3 heterocycles. The molecule has 2 aliphatic rings. The molecule has 5 nitrogen and oxygen atoms in total. The summed E-state index contributed by atoms with van der Waals surface area (Å²) >= 11 is 3.63. The fourth-order valence-electron chi connectivity index (χ4n) is 3.26. The Morgan fingerprint density at radius 1 is 1.30 bits per heavy atom. The van der Waals surface area contributed by atoms with E-state index in [0.717, 1.165) is 29.1 Å². The summed E-state index contributed by atoms with van der Waals surface area (Å²) in [5.41, 5.74) is 0. The highest BCUT2D eigenvalue weighted by Crippen LogP contribution is 2.33. The topological polar surface area (TPSA) is 53.1 Å². The highest BCUT2D eigenvalue weighted by atomic mass is 79.9. The minimum Gasteiger partial charge on any atom is -0.369 e. The Hall–Kier alpha value is -0.880. The van der Waals surface area contributed by atoms with Gasteiger partial charge >= 0.3 is 0 Å². The van der Waals surface area contributed by atoms with E-state index < -0.39 is 0 Å². The molecule has 2 saturated heterocycles. The van der Waals surface area contributed by atoms with Crippen molar-refractivity contribution >= 4 is 27.6 Å². The molecule has 1 aromatic rings. The SMILES string of the molecule is CCCNc1ncnc(NC2CCN3CCCC23)c1Br. The number of fused-ring (bicyclic) bond motifs is 1. The molecule has 0 spiro atoms. The van der Waals surface area contributed by atoms with Crippen molar-refractivity contribution in [1.82, 2.24) is 14.9 Å². The predicted molar refractivity (Wildman–Crippen MR) is 85.1 cm³/mol. The van der Waals surface area contributed by atoms with Gasteiger partial charge in [-0.25, -0.2) is 9.97 Å². The second kappa shape index (κ2) is 6.26. The fraction of sp³-hybridized carbons (Fsp3) is 0.714. The van der Waals surface area contributed by atoms with Crippen molar-refractivity contribution < 1.29 is 0 Å². The van der Waals surface area contributed by atoms with Crippen LogP contribution in [0.2, 0.25) is 0 Å². The van der Waals surface area contributed by atoms with Crippen LogP contribution in [-0.4, -0.2) is 46.6 Å². The molecule has 0 saturated carbocycles. The Bertz CT molecular complexity index is 467. The summed E-state index contributed by atoms with van der Waals surface area (Å²) in [7, 11) is 0. The van der Waals surface area contributed by atoms with Gasteiger partial charge in [-0.1, -0.05) is 6.92 Å². The highest BCUT2D eigenvalue weighted by molar-refractivity contribution is 9.10. The average Bonchev–Trinajstić information content (AvgIpc) is 3.04. The summed E-state index contributed by atoms with van der Waals surface area (Å²) < 4.78 is 0.949. The Balaban J connectivity index is 1.71. The first-order valence-electron chi connectivity index (χ1n) is 7.54. The lowest BCUT2D eigenvalue weighted by molar-refractivity contribution is 0.318. The van der Waals surface area contributed by atoms with Gasteiger partial charge in [-0.3, -0.25) is 4.90 Å². The predicted octanol–water partition coefficient (Wildman–Crippen LogP) is 2.71. The average molecular weight is 340 g/mol.